The highest BCUT2D eigenvalue weighted by Gasteiger charge is 2.05. The van der Waals surface area contributed by atoms with Crippen LogP contribution in [0.5, 0.6) is 5.75 Å². The number of thiophene rings is 2. The molecule has 1 nitrogen and oxygen atoms in total. The predicted octanol–water partition coefficient (Wildman–Crippen LogP) is 4.85. The van der Waals surface area contributed by atoms with Crippen molar-refractivity contribution in [3.63, 3.8) is 0 Å². The van der Waals surface area contributed by atoms with Crippen molar-refractivity contribution in [3.05, 3.63) is 53.9 Å². The second-order valence-corrected chi connectivity index (χ2v) is 5.72. The Kier molecular flexibility index (Phi) is 2.71. The maximum atomic E-state index is 9.26. The molecule has 0 spiro atoms. The van der Waals surface area contributed by atoms with Crippen molar-refractivity contribution in [2.45, 2.75) is 0 Å². The first-order valence-electron chi connectivity index (χ1n) is 5.26. The molecule has 1 N–H and O–H groups in total. The van der Waals surface area contributed by atoms with Gasteiger partial charge in [-0.3, -0.25) is 0 Å². The molecule has 17 heavy (non-hydrogen) atoms. The molecule has 0 unspecified atom stereocenters. The van der Waals surface area contributed by atoms with Gasteiger partial charge in [-0.2, -0.15) is 0 Å². The monoisotopic (exact) mass is 258 g/mol. The smallest absolute Gasteiger partial charge is 0.115 e. The zero-order chi connectivity index (χ0) is 11.7. The minimum absolute atomic E-state index is 0.309. The van der Waals surface area contributed by atoms with Crippen LogP contribution in [-0.4, -0.2) is 5.11 Å². The molecular weight excluding hydrogens is 248 g/mol. The SMILES string of the molecule is Oc1ccc(-c2ccc(-c3cccs3)s2)cc1. The Bertz CT molecular complexity index is 606. The second-order valence-electron chi connectivity index (χ2n) is 3.69. The topological polar surface area (TPSA) is 20.2 Å². The molecule has 0 amide bonds. The van der Waals surface area contributed by atoms with Gasteiger partial charge in [0.05, 0.1) is 0 Å². The van der Waals surface area contributed by atoms with Gasteiger partial charge in [-0.25, -0.2) is 0 Å². The molecule has 1 aromatic carbocycles. The van der Waals surface area contributed by atoms with E-state index in [2.05, 4.69) is 29.6 Å². The number of hydrogen-bond acceptors (Lipinski definition) is 3. The molecule has 84 valence electrons. The van der Waals surface area contributed by atoms with Gasteiger partial charge < -0.3 is 5.11 Å². The van der Waals surface area contributed by atoms with Gasteiger partial charge >= 0.3 is 0 Å². The van der Waals surface area contributed by atoms with Gasteiger partial charge in [-0.1, -0.05) is 6.07 Å². The number of phenolic OH excluding ortho intramolecular Hbond substituents is 1. The molecule has 0 aliphatic carbocycles. The lowest BCUT2D eigenvalue weighted by atomic mass is 10.2. The summed E-state index contributed by atoms with van der Waals surface area (Å²) in [6.07, 6.45) is 0. The van der Waals surface area contributed by atoms with Crippen LogP contribution in [0.3, 0.4) is 0 Å². The summed E-state index contributed by atoms with van der Waals surface area (Å²) in [6, 6.07) is 15.8. The lowest BCUT2D eigenvalue weighted by Crippen LogP contribution is -1.69. The van der Waals surface area contributed by atoms with E-state index >= 15 is 0 Å². The van der Waals surface area contributed by atoms with Gasteiger partial charge in [0.25, 0.3) is 0 Å². The molecule has 0 saturated heterocycles. The van der Waals surface area contributed by atoms with E-state index in [-0.39, 0.29) is 0 Å². The average Bonchev–Trinajstić information content (AvgIpc) is 3.00. The average molecular weight is 258 g/mol. The Hall–Kier alpha value is -1.58. The standard InChI is InChI=1S/C14H10OS2/c15-11-5-3-10(4-6-11)12-7-8-14(17-12)13-2-1-9-16-13/h1-9,15H. The van der Waals surface area contributed by atoms with Crippen molar-refractivity contribution in [2.24, 2.45) is 0 Å². The molecule has 0 aliphatic heterocycles. The molecule has 3 aromatic rings. The molecule has 0 saturated carbocycles. The lowest BCUT2D eigenvalue weighted by Gasteiger charge is -1.97. The molecule has 3 rings (SSSR count). The van der Waals surface area contributed by atoms with Crippen LogP contribution < -0.4 is 0 Å². The number of benzene rings is 1. The van der Waals surface area contributed by atoms with Crippen LogP contribution in [0, 0.1) is 0 Å². The van der Waals surface area contributed by atoms with Crippen LogP contribution in [0.1, 0.15) is 0 Å². The van der Waals surface area contributed by atoms with Crippen molar-refractivity contribution in [1.82, 2.24) is 0 Å². The molecule has 0 atom stereocenters. The number of rotatable bonds is 2. The molecule has 2 aromatic heterocycles. The van der Waals surface area contributed by atoms with Crippen molar-refractivity contribution < 1.29 is 5.11 Å². The summed E-state index contributed by atoms with van der Waals surface area (Å²) >= 11 is 3.54. The van der Waals surface area contributed by atoms with E-state index < -0.39 is 0 Å². The van der Waals surface area contributed by atoms with Crippen LogP contribution in [0.2, 0.25) is 0 Å². The molecule has 2 heterocycles. The highest BCUT2D eigenvalue weighted by atomic mass is 32.1. The van der Waals surface area contributed by atoms with Gasteiger partial charge in [0.15, 0.2) is 0 Å². The lowest BCUT2D eigenvalue weighted by molar-refractivity contribution is 0.475. The highest BCUT2D eigenvalue weighted by Crippen LogP contribution is 2.36. The van der Waals surface area contributed by atoms with E-state index in [1.165, 1.54) is 14.6 Å². The summed E-state index contributed by atoms with van der Waals surface area (Å²) < 4.78 is 0. The summed E-state index contributed by atoms with van der Waals surface area (Å²) in [5, 5.41) is 11.4. The fraction of sp³-hybridized carbons (Fsp3) is 0. The third-order valence-electron chi connectivity index (χ3n) is 2.52. The molecule has 0 radical (unpaired) electrons. The summed E-state index contributed by atoms with van der Waals surface area (Å²) in [5.41, 5.74) is 1.15. The quantitative estimate of drug-likeness (QED) is 0.696. The van der Waals surface area contributed by atoms with Crippen LogP contribution >= 0.6 is 22.7 Å². The molecule has 0 aliphatic rings. The summed E-state index contributed by atoms with van der Waals surface area (Å²) in [7, 11) is 0. The number of aromatic hydroxyl groups is 1. The van der Waals surface area contributed by atoms with Gasteiger partial charge in [0, 0.05) is 14.6 Å². The molecule has 0 fully saturated rings. The fourth-order valence-corrected chi connectivity index (χ4v) is 3.52. The van der Waals surface area contributed by atoms with Crippen molar-refractivity contribution in [1.29, 1.82) is 0 Å². The number of phenols is 1. The van der Waals surface area contributed by atoms with Gasteiger partial charge in [-0.15, -0.1) is 22.7 Å². The summed E-state index contributed by atoms with van der Waals surface area (Å²) in [6.45, 7) is 0. The van der Waals surface area contributed by atoms with E-state index in [1.54, 1.807) is 34.8 Å². The van der Waals surface area contributed by atoms with E-state index in [0.29, 0.717) is 5.75 Å². The Morgan fingerprint density at radius 2 is 1.53 bits per heavy atom. The zero-order valence-electron chi connectivity index (χ0n) is 8.96. The Morgan fingerprint density at radius 3 is 2.24 bits per heavy atom. The first-order valence-corrected chi connectivity index (χ1v) is 6.96. The van der Waals surface area contributed by atoms with Crippen molar-refractivity contribution >= 4 is 22.7 Å². The molecule has 0 bridgehead atoms. The van der Waals surface area contributed by atoms with E-state index in [1.807, 2.05) is 12.1 Å². The Morgan fingerprint density at radius 1 is 0.765 bits per heavy atom. The summed E-state index contributed by atoms with van der Waals surface area (Å²) in [5.74, 6) is 0.309. The third kappa shape index (κ3) is 2.12. The third-order valence-corrected chi connectivity index (χ3v) is 4.72. The molecule has 3 heteroatoms. The van der Waals surface area contributed by atoms with Gasteiger partial charge in [0.1, 0.15) is 5.75 Å². The maximum absolute atomic E-state index is 9.26. The van der Waals surface area contributed by atoms with E-state index in [4.69, 9.17) is 0 Å². The van der Waals surface area contributed by atoms with Gasteiger partial charge in [-0.05, 0) is 53.4 Å². The number of hydrogen-bond donors (Lipinski definition) is 1. The largest absolute Gasteiger partial charge is 0.508 e. The zero-order valence-corrected chi connectivity index (χ0v) is 10.6. The predicted molar refractivity (Wildman–Crippen MR) is 74.7 cm³/mol. The first kappa shape index (κ1) is 10.6. The van der Waals surface area contributed by atoms with Crippen LogP contribution in [-0.2, 0) is 0 Å². The van der Waals surface area contributed by atoms with Crippen LogP contribution in [0.25, 0.3) is 20.2 Å². The van der Waals surface area contributed by atoms with Crippen molar-refractivity contribution in [3.8, 4) is 25.9 Å². The van der Waals surface area contributed by atoms with Crippen LogP contribution in [0.15, 0.2) is 53.9 Å². The second kappa shape index (κ2) is 4.35. The normalized spacial score (nSPS) is 10.6. The minimum atomic E-state index is 0.309. The maximum Gasteiger partial charge on any atom is 0.115 e. The Labute approximate surface area is 108 Å². The summed E-state index contributed by atoms with van der Waals surface area (Å²) in [4.78, 5) is 3.83. The fourth-order valence-electron chi connectivity index (χ4n) is 1.67. The van der Waals surface area contributed by atoms with Crippen LogP contribution in [0.4, 0.5) is 0 Å². The van der Waals surface area contributed by atoms with Crippen molar-refractivity contribution in [2.75, 3.05) is 0 Å². The van der Waals surface area contributed by atoms with Gasteiger partial charge in [0.2, 0.25) is 0 Å². The highest BCUT2D eigenvalue weighted by molar-refractivity contribution is 7.23. The van der Waals surface area contributed by atoms with E-state index in [9.17, 15) is 5.11 Å². The minimum Gasteiger partial charge on any atom is -0.508 e. The van der Waals surface area contributed by atoms with E-state index in [0.717, 1.165) is 5.56 Å². The molecular formula is C14H10OS2. The first-order chi connectivity index (χ1) is 8.33. The Balaban J connectivity index is 1.98.